The Labute approximate surface area is 124 Å². The quantitative estimate of drug-likeness (QED) is 0.435. The molecule has 1 aliphatic carbocycles. The summed E-state index contributed by atoms with van der Waals surface area (Å²) in [5, 5.41) is 0. The van der Waals surface area contributed by atoms with E-state index < -0.39 is 10.7 Å². The maximum Gasteiger partial charge on any atom is 0.237 e. The first-order valence-electron chi connectivity index (χ1n) is 6.55. The molecule has 20 heavy (non-hydrogen) atoms. The van der Waals surface area contributed by atoms with Gasteiger partial charge in [0, 0.05) is 33.4 Å². The molecule has 0 spiro atoms. The van der Waals surface area contributed by atoms with Crippen LogP contribution in [-0.4, -0.2) is 61.9 Å². The topological polar surface area (TPSA) is 48.0 Å². The van der Waals surface area contributed by atoms with E-state index in [0.717, 1.165) is 0 Å². The minimum atomic E-state index is -1.31. The second-order valence-corrected chi connectivity index (χ2v) is 5.46. The molecule has 6 heteroatoms. The summed E-state index contributed by atoms with van der Waals surface area (Å²) in [5.74, 6) is -1.51. The molecule has 1 heterocycles. The van der Waals surface area contributed by atoms with Gasteiger partial charge in [-0.05, 0) is 6.42 Å². The number of alkyl halides is 1. The van der Waals surface area contributed by atoms with Crippen molar-refractivity contribution in [2.24, 2.45) is 0 Å². The zero-order valence-electron chi connectivity index (χ0n) is 11.9. The summed E-state index contributed by atoms with van der Waals surface area (Å²) >= 11 is 6.58. The molecule has 0 radical (unpaired) electrons. The van der Waals surface area contributed by atoms with Gasteiger partial charge in [0.15, 0.2) is 10.7 Å². The van der Waals surface area contributed by atoms with Crippen LogP contribution >= 0.6 is 11.6 Å². The van der Waals surface area contributed by atoms with Crippen molar-refractivity contribution in [1.29, 1.82) is 0 Å². The Morgan fingerprint density at radius 2 is 2.05 bits per heavy atom. The second-order valence-electron chi connectivity index (χ2n) is 4.81. The van der Waals surface area contributed by atoms with Crippen LogP contribution in [0, 0.1) is 0 Å². The van der Waals surface area contributed by atoms with Gasteiger partial charge in [-0.3, -0.25) is 4.79 Å². The predicted molar refractivity (Wildman–Crippen MR) is 75.6 cm³/mol. The minimum Gasteiger partial charge on any atom is -0.378 e. The number of methoxy groups -OCH3 is 2. The van der Waals surface area contributed by atoms with Crippen LogP contribution in [0.15, 0.2) is 24.4 Å². The van der Waals surface area contributed by atoms with Gasteiger partial charge in [0.1, 0.15) is 0 Å². The van der Waals surface area contributed by atoms with Crippen LogP contribution in [0.5, 0.6) is 0 Å². The van der Waals surface area contributed by atoms with Gasteiger partial charge < -0.3 is 19.1 Å². The third kappa shape index (κ3) is 2.09. The zero-order chi connectivity index (χ0) is 14.8. The normalized spacial score (nSPS) is 29.4. The van der Waals surface area contributed by atoms with Crippen molar-refractivity contribution >= 4 is 17.4 Å². The molecule has 1 unspecified atom stereocenters. The van der Waals surface area contributed by atoms with Gasteiger partial charge in [-0.2, -0.15) is 0 Å². The van der Waals surface area contributed by atoms with Gasteiger partial charge in [0.05, 0.1) is 18.9 Å². The molecule has 112 valence electrons. The van der Waals surface area contributed by atoms with Crippen LogP contribution in [0.3, 0.4) is 0 Å². The Morgan fingerprint density at radius 3 is 2.55 bits per heavy atom. The lowest BCUT2D eigenvalue weighted by Gasteiger charge is -2.43. The number of rotatable bonds is 5. The number of morpholine rings is 1. The van der Waals surface area contributed by atoms with Crippen LogP contribution in [0.2, 0.25) is 0 Å². The smallest absolute Gasteiger partial charge is 0.237 e. The standard InChI is InChI=1S/C14H20ClNO4/c1-4-5-13(15)12(17)10-11(14(13,18-2)19-3)16-6-8-20-9-7-16/h4,10H,1,5-9H2,2-3H3. The van der Waals surface area contributed by atoms with Crippen LogP contribution in [0.25, 0.3) is 0 Å². The summed E-state index contributed by atoms with van der Waals surface area (Å²) in [4.78, 5) is 13.1. The molecular weight excluding hydrogens is 282 g/mol. The number of ketones is 1. The second kappa shape index (κ2) is 5.85. The Kier molecular flexibility index (Phi) is 4.54. The molecule has 1 saturated heterocycles. The molecule has 1 fully saturated rings. The Morgan fingerprint density at radius 1 is 1.45 bits per heavy atom. The summed E-state index contributed by atoms with van der Waals surface area (Å²) < 4.78 is 16.5. The molecule has 0 aromatic heterocycles. The van der Waals surface area contributed by atoms with E-state index in [0.29, 0.717) is 32.0 Å². The van der Waals surface area contributed by atoms with E-state index in [1.807, 2.05) is 4.90 Å². The largest absolute Gasteiger partial charge is 0.378 e. The molecule has 0 amide bonds. The van der Waals surface area contributed by atoms with Crippen LogP contribution in [-0.2, 0) is 19.0 Å². The lowest BCUT2D eigenvalue weighted by atomic mass is 9.93. The van der Waals surface area contributed by atoms with Gasteiger partial charge in [0.2, 0.25) is 5.79 Å². The molecule has 2 aliphatic rings. The van der Waals surface area contributed by atoms with Gasteiger partial charge in [-0.15, -0.1) is 18.2 Å². The molecule has 5 nitrogen and oxygen atoms in total. The van der Waals surface area contributed by atoms with Crippen molar-refractivity contribution in [2.45, 2.75) is 17.1 Å². The van der Waals surface area contributed by atoms with Crippen molar-refractivity contribution in [3.8, 4) is 0 Å². The SMILES string of the molecule is C=CCC1(Cl)C(=O)C=C(N2CCOCC2)C1(OC)OC. The maximum atomic E-state index is 12.4. The van der Waals surface area contributed by atoms with Crippen molar-refractivity contribution < 1.29 is 19.0 Å². The van der Waals surface area contributed by atoms with Gasteiger partial charge in [0.25, 0.3) is 0 Å². The minimum absolute atomic E-state index is 0.218. The number of hydrogen-bond donors (Lipinski definition) is 0. The fourth-order valence-corrected chi connectivity index (χ4v) is 3.27. The third-order valence-electron chi connectivity index (χ3n) is 3.87. The summed E-state index contributed by atoms with van der Waals surface area (Å²) in [5.41, 5.74) is 0.660. The van der Waals surface area contributed by atoms with Gasteiger partial charge in [-0.25, -0.2) is 0 Å². The number of carbonyl (C=O) groups excluding carboxylic acids is 1. The molecule has 1 aliphatic heterocycles. The average Bonchev–Trinajstić information content (AvgIpc) is 2.69. The molecule has 0 aromatic rings. The highest BCUT2D eigenvalue weighted by atomic mass is 35.5. The van der Waals surface area contributed by atoms with E-state index in [2.05, 4.69) is 6.58 Å². The molecule has 0 bridgehead atoms. The van der Waals surface area contributed by atoms with E-state index in [4.69, 9.17) is 25.8 Å². The van der Waals surface area contributed by atoms with E-state index in [9.17, 15) is 4.79 Å². The Balaban J connectivity index is 2.42. The molecule has 0 aromatic carbocycles. The number of hydrogen-bond acceptors (Lipinski definition) is 5. The molecular formula is C14H20ClNO4. The monoisotopic (exact) mass is 301 g/mol. The number of allylic oxidation sites excluding steroid dienone is 2. The molecule has 0 saturated carbocycles. The third-order valence-corrected chi connectivity index (χ3v) is 4.46. The van der Waals surface area contributed by atoms with Crippen LogP contribution in [0.1, 0.15) is 6.42 Å². The van der Waals surface area contributed by atoms with Crippen molar-refractivity contribution in [3.63, 3.8) is 0 Å². The summed E-state index contributed by atoms with van der Waals surface area (Å²) in [6, 6.07) is 0. The van der Waals surface area contributed by atoms with Crippen molar-refractivity contribution in [2.75, 3.05) is 40.5 Å². The highest BCUT2D eigenvalue weighted by Crippen LogP contribution is 2.48. The number of nitrogens with zero attached hydrogens (tertiary/aromatic N) is 1. The highest BCUT2D eigenvalue weighted by molar-refractivity contribution is 6.39. The first-order valence-corrected chi connectivity index (χ1v) is 6.93. The maximum absolute atomic E-state index is 12.4. The van der Waals surface area contributed by atoms with Crippen LogP contribution < -0.4 is 0 Å². The summed E-state index contributed by atoms with van der Waals surface area (Å²) in [6.07, 6.45) is 3.39. The van der Waals surface area contributed by atoms with E-state index in [-0.39, 0.29) is 12.2 Å². The van der Waals surface area contributed by atoms with Crippen molar-refractivity contribution in [1.82, 2.24) is 4.90 Å². The first kappa shape index (κ1) is 15.5. The fraction of sp³-hybridized carbons (Fsp3) is 0.643. The first-order chi connectivity index (χ1) is 9.55. The predicted octanol–water partition coefficient (Wildman–Crippen LogP) is 1.33. The van der Waals surface area contributed by atoms with Crippen molar-refractivity contribution in [3.05, 3.63) is 24.4 Å². The van der Waals surface area contributed by atoms with Crippen LogP contribution in [0.4, 0.5) is 0 Å². The zero-order valence-corrected chi connectivity index (χ0v) is 12.6. The number of halogens is 1. The average molecular weight is 302 g/mol. The molecule has 0 N–H and O–H groups in total. The summed E-state index contributed by atoms with van der Waals surface area (Å²) in [6.45, 7) is 6.23. The lowest BCUT2D eigenvalue weighted by molar-refractivity contribution is -0.208. The number of carbonyl (C=O) groups is 1. The molecule has 2 rings (SSSR count). The highest BCUT2D eigenvalue weighted by Gasteiger charge is 2.63. The Hall–Kier alpha value is -0.880. The van der Waals surface area contributed by atoms with E-state index >= 15 is 0 Å². The number of ether oxygens (including phenoxy) is 3. The van der Waals surface area contributed by atoms with Gasteiger partial charge >= 0.3 is 0 Å². The molecule has 1 atom stereocenters. The van der Waals surface area contributed by atoms with E-state index in [1.54, 1.807) is 6.08 Å². The summed E-state index contributed by atoms with van der Waals surface area (Å²) in [7, 11) is 2.99. The fourth-order valence-electron chi connectivity index (χ4n) is 2.85. The van der Waals surface area contributed by atoms with Gasteiger partial charge in [-0.1, -0.05) is 6.08 Å². The van der Waals surface area contributed by atoms with E-state index in [1.165, 1.54) is 20.3 Å². The Bertz CT molecular complexity index is 427. The lowest BCUT2D eigenvalue weighted by Crippen LogP contribution is -2.57.